The Kier molecular flexibility index (Phi) is 4.48. The fourth-order valence-electron chi connectivity index (χ4n) is 4.06. The van der Waals surface area contributed by atoms with Crippen molar-refractivity contribution in [1.29, 1.82) is 0 Å². The predicted octanol–water partition coefficient (Wildman–Crippen LogP) is 0.369. The molecule has 1 nitrogen and oxygen atoms in total. The van der Waals surface area contributed by atoms with E-state index in [0.717, 1.165) is 24.3 Å². The molecule has 2 fully saturated rings. The third kappa shape index (κ3) is 2.27. The van der Waals surface area contributed by atoms with E-state index in [-0.39, 0.29) is 12.4 Å². The maximum atomic E-state index is 6.14. The number of rotatable bonds is 2. The minimum Gasteiger partial charge on any atom is -1.00 e. The summed E-state index contributed by atoms with van der Waals surface area (Å²) in [5, 5.41) is 1.35. The van der Waals surface area contributed by atoms with E-state index in [4.69, 9.17) is 23.2 Å². The molecule has 1 aromatic carbocycles. The molecule has 0 saturated heterocycles. The van der Waals surface area contributed by atoms with Gasteiger partial charge >= 0.3 is 0 Å². The third-order valence-corrected chi connectivity index (χ3v) is 5.49. The number of fused-ring (bicyclic) bond motifs is 2. The van der Waals surface area contributed by atoms with Crippen molar-refractivity contribution in [3.05, 3.63) is 33.8 Å². The van der Waals surface area contributed by atoms with Crippen LogP contribution in [0.4, 0.5) is 0 Å². The molecule has 3 N–H and O–H groups in total. The summed E-state index contributed by atoms with van der Waals surface area (Å²) < 4.78 is 0. The summed E-state index contributed by atoms with van der Waals surface area (Å²) in [5.41, 5.74) is 5.52. The van der Waals surface area contributed by atoms with Crippen LogP contribution in [0.5, 0.6) is 0 Å². The molecule has 0 aromatic heterocycles. The summed E-state index contributed by atoms with van der Waals surface area (Å²) in [5.74, 6) is 3.17. The number of hydrogen-bond donors (Lipinski definition) is 1. The summed E-state index contributed by atoms with van der Waals surface area (Å²) in [6.45, 7) is 1.05. The lowest BCUT2D eigenvalue weighted by molar-refractivity contribution is -0.382. The molecule has 0 heterocycles. The lowest BCUT2D eigenvalue weighted by atomic mass is 9.75. The van der Waals surface area contributed by atoms with Crippen LogP contribution >= 0.6 is 23.2 Å². The van der Waals surface area contributed by atoms with Crippen LogP contribution in [0.1, 0.15) is 30.7 Å². The lowest BCUT2D eigenvalue weighted by Crippen LogP contribution is -3.00. The molecular formula is C14H18Cl3N. The molecule has 0 amide bonds. The standard InChI is InChI=1S/C14H17Cl2N.ClH/c15-12-4-3-10(6-13(12)16)14-9-2-1-8(5-9)11(14)7-17;/h3-4,6,8-9,11,14H,1-2,5,7,17H2;1H/t8-,9+,11-,14+;/m1./s1. The first kappa shape index (κ1) is 14.5. The van der Waals surface area contributed by atoms with Gasteiger partial charge in [-0.15, -0.1) is 0 Å². The molecular weight excluding hydrogens is 289 g/mol. The Labute approximate surface area is 124 Å². The van der Waals surface area contributed by atoms with Gasteiger partial charge in [-0.05, 0) is 54.7 Å². The Morgan fingerprint density at radius 1 is 1.11 bits per heavy atom. The number of quaternary nitrogens is 1. The van der Waals surface area contributed by atoms with Crippen LogP contribution in [-0.4, -0.2) is 6.54 Å². The maximum absolute atomic E-state index is 6.14. The minimum atomic E-state index is 0. The van der Waals surface area contributed by atoms with E-state index in [2.05, 4.69) is 17.9 Å². The highest BCUT2D eigenvalue weighted by molar-refractivity contribution is 6.42. The number of hydrogen-bond acceptors (Lipinski definition) is 0. The fourth-order valence-corrected chi connectivity index (χ4v) is 4.37. The minimum absolute atomic E-state index is 0. The zero-order valence-corrected chi connectivity index (χ0v) is 12.5. The van der Waals surface area contributed by atoms with Crippen LogP contribution in [-0.2, 0) is 0 Å². The van der Waals surface area contributed by atoms with E-state index in [0.29, 0.717) is 16.0 Å². The summed E-state index contributed by atoms with van der Waals surface area (Å²) in [7, 11) is 0. The monoisotopic (exact) mass is 305 g/mol. The second-order valence-electron chi connectivity index (χ2n) is 5.49. The second kappa shape index (κ2) is 5.58. The Hall–Kier alpha value is 0.0500. The van der Waals surface area contributed by atoms with Gasteiger partial charge in [0.25, 0.3) is 0 Å². The summed E-state index contributed by atoms with van der Waals surface area (Å²) in [4.78, 5) is 0. The van der Waals surface area contributed by atoms with Crippen LogP contribution < -0.4 is 18.1 Å². The summed E-state index contributed by atoms with van der Waals surface area (Å²) in [6, 6.07) is 6.16. The molecule has 100 valence electrons. The van der Waals surface area contributed by atoms with Gasteiger partial charge in [-0.2, -0.15) is 0 Å². The van der Waals surface area contributed by atoms with Crippen LogP contribution in [0, 0.1) is 17.8 Å². The van der Waals surface area contributed by atoms with Gasteiger partial charge in [0.2, 0.25) is 0 Å². The van der Waals surface area contributed by atoms with Gasteiger partial charge in [-0.25, -0.2) is 0 Å². The highest BCUT2D eigenvalue weighted by Crippen LogP contribution is 2.56. The molecule has 0 spiro atoms. The summed E-state index contributed by atoms with van der Waals surface area (Å²) in [6.07, 6.45) is 4.18. The molecule has 0 radical (unpaired) electrons. The molecule has 2 aliphatic carbocycles. The van der Waals surface area contributed by atoms with Gasteiger partial charge in [0.1, 0.15) is 0 Å². The Morgan fingerprint density at radius 2 is 1.83 bits per heavy atom. The van der Waals surface area contributed by atoms with Crippen LogP contribution in [0.15, 0.2) is 18.2 Å². The topological polar surface area (TPSA) is 27.6 Å². The van der Waals surface area contributed by atoms with E-state index in [9.17, 15) is 0 Å². The van der Waals surface area contributed by atoms with Gasteiger partial charge < -0.3 is 18.1 Å². The first-order chi connectivity index (χ1) is 8.20. The van der Waals surface area contributed by atoms with Crippen LogP contribution in [0.25, 0.3) is 0 Å². The molecule has 1 aromatic rings. The Balaban J connectivity index is 0.00000120. The molecule has 18 heavy (non-hydrogen) atoms. The van der Waals surface area contributed by atoms with Crippen molar-refractivity contribution < 1.29 is 18.1 Å². The molecule has 0 aliphatic heterocycles. The van der Waals surface area contributed by atoms with Gasteiger partial charge in [0, 0.05) is 5.92 Å². The van der Waals surface area contributed by atoms with Crippen molar-refractivity contribution >= 4 is 23.2 Å². The molecule has 4 heteroatoms. The van der Waals surface area contributed by atoms with Crippen molar-refractivity contribution in [3.8, 4) is 0 Å². The zero-order chi connectivity index (χ0) is 12.0. The number of benzene rings is 1. The van der Waals surface area contributed by atoms with Gasteiger partial charge in [-0.3, -0.25) is 0 Å². The first-order valence-corrected chi connectivity index (χ1v) is 7.20. The normalized spacial score (nSPS) is 33.5. The van der Waals surface area contributed by atoms with Gasteiger partial charge in [0.05, 0.1) is 16.6 Å². The number of halogens is 3. The van der Waals surface area contributed by atoms with Crippen molar-refractivity contribution in [3.63, 3.8) is 0 Å². The molecule has 3 rings (SSSR count). The average Bonchev–Trinajstić information content (AvgIpc) is 2.92. The smallest absolute Gasteiger partial charge is 0.0777 e. The molecule has 4 atom stereocenters. The quantitative estimate of drug-likeness (QED) is 0.818. The van der Waals surface area contributed by atoms with E-state index in [1.54, 1.807) is 0 Å². The maximum Gasteiger partial charge on any atom is 0.0777 e. The van der Waals surface area contributed by atoms with E-state index >= 15 is 0 Å². The van der Waals surface area contributed by atoms with Crippen molar-refractivity contribution in [1.82, 2.24) is 0 Å². The summed E-state index contributed by atoms with van der Waals surface area (Å²) >= 11 is 12.1. The first-order valence-electron chi connectivity index (χ1n) is 6.45. The van der Waals surface area contributed by atoms with Crippen LogP contribution in [0.2, 0.25) is 10.0 Å². The van der Waals surface area contributed by atoms with Crippen molar-refractivity contribution in [2.75, 3.05) is 6.54 Å². The lowest BCUT2D eigenvalue weighted by Gasteiger charge is -2.29. The largest absolute Gasteiger partial charge is 1.00 e. The van der Waals surface area contributed by atoms with Crippen LogP contribution in [0.3, 0.4) is 0 Å². The Morgan fingerprint density at radius 3 is 2.50 bits per heavy atom. The van der Waals surface area contributed by atoms with E-state index in [1.165, 1.54) is 24.8 Å². The molecule has 2 bridgehead atoms. The van der Waals surface area contributed by atoms with E-state index in [1.807, 2.05) is 6.07 Å². The Bertz CT molecular complexity index is 435. The molecule has 2 saturated carbocycles. The third-order valence-electron chi connectivity index (χ3n) is 4.75. The molecule has 2 aliphatic rings. The fraction of sp³-hybridized carbons (Fsp3) is 0.571. The predicted molar refractivity (Wildman–Crippen MR) is 71.3 cm³/mol. The van der Waals surface area contributed by atoms with E-state index < -0.39 is 0 Å². The highest BCUT2D eigenvalue weighted by atomic mass is 35.5. The van der Waals surface area contributed by atoms with Crippen molar-refractivity contribution in [2.45, 2.75) is 25.2 Å². The SMILES string of the molecule is [Cl-].[NH3+]C[C@@H]1[C@@H]2CC[C@@H](C2)[C@H]1c1ccc(Cl)c(Cl)c1. The van der Waals surface area contributed by atoms with Gasteiger partial charge in [-0.1, -0.05) is 29.3 Å². The molecule has 0 unspecified atom stereocenters. The zero-order valence-electron chi connectivity index (χ0n) is 10.2. The average molecular weight is 307 g/mol. The van der Waals surface area contributed by atoms with Gasteiger partial charge in [0.15, 0.2) is 0 Å². The van der Waals surface area contributed by atoms with Crippen molar-refractivity contribution in [2.24, 2.45) is 17.8 Å². The second-order valence-corrected chi connectivity index (χ2v) is 6.30. The highest BCUT2D eigenvalue weighted by Gasteiger charge is 2.48.